The normalized spacial score (nSPS) is 19.8. The molecule has 0 bridgehead atoms. The summed E-state index contributed by atoms with van der Waals surface area (Å²) in [7, 11) is 3.45. The molecule has 2 atom stereocenters. The predicted molar refractivity (Wildman–Crippen MR) is 250 cm³/mol. The highest BCUT2D eigenvalue weighted by atomic mass is 16.5. The summed E-state index contributed by atoms with van der Waals surface area (Å²) in [5.74, 6) is 7.63. The highest BCUT2D eigenvalue weighted by Crippen LogP contribution is 2.41. The molecule has 2 aromatic carbocycles. The Hall–Kier alpha value is -6.38. The quantitative estimate of drug-likeness (QED) is 0.0607. The van der Waals surface area contributed by atoms with Crippen molar-refractivity contribution in [3.8, 4) is 28.8 Å². The maximum Gasteiger partial charge on any atom is 0.255 e. The number of anilines is 4. The van der Waals surface area contributed by atoms with Gasteiger partial charge in [-0.2, -0.15) is 4.98 Å². The first-order valence-corrected chi connectivity index (χ1v) is 23.5. The standard InChI is InChI=1S/C49H61N11O6/c1-5-11-42(46(62)52-31-61)58-29-34-26-32(15-21-38(34)47(58)63)12-9-10-24-66-25-23-50-35-17-19-36(20-18-35)59-30-40(55-56-59)33-16-22-39(44(27-33)65-4)53-49-51-28-43-45(54-49)60(37-13-7-8-14-37)41(6-2)48(64)57(43)3/h15-16,21-22,26-28,30-31,35-37,41-42,50H,5-8,10-11,13-14,17-20,23-25,29H2,1-4H3,(H,51,53,54)(H,52,61,62)/t35?,36?,41-,42?/m1/s1. The second-order valence-corrected chi connectivity index (χ2v) is 17.6. The first-order chi connectivity index (χ1) is 32.2. The van der Waals surface area contributed by atoms with Gasteiger partial charge in [-0.3, -0.25) is 24.5 Å². The van der Waals surface area contributed by atoms with Gasteiger partial charge in [0, 0.05) is 55.3 Å². The highest BCUT2D eigenvalue weighted by molar-refractivity contribution is 6.04. The van der Waals surface area contributed by atoms with Crippen LogP contribution in [-0.2, 0) is 25.7 Å². The van der Waals surface area contributed by atoms with Crippen LogP contribution in [0.1, 0.15) is 118 Å². The Balaban J connectivity index is 0.772. The molecule has 17 heteroatoms. The van der Waals surface area contributed by atoms with Crippen molar-refractivity contribution in [2.45, 2.75) is 128 Å². The minimum atomic E-state index is -0.692. The van der Waals surface area contributed by atoms with Gasteiger partial charge >= 0.3 is 0 Å². The van der Waals surface area contributed by atoms with Crippen LogP contribution in [0.2, 0.25) is 0 Å². The van der Waals surface area contributed by atoms with Gasteiger partial charge in [-0.05, 0) is 87.3 Å². The van der Waals surface area contributed by atoms with Gasteiger partial charge < -0.3 is 34.8 Å². The van der Waals surface area contributed by atoms with Gasteiger partial charge in [-0.25, -0.2) is 9.67 Å². The Labute approximate surface area is 386 Å². The van der Waals surface area contributed by atoms with Gasteiger partial charge in [-0.1, -0.05) is 56.2 Å². The SMILES string of the molecule is CCCC(C(=O)NC=O)N1Cc2cc(C#CCCOCCNC3CCC(n4cc(-c5ccc(Nc6ncc7c(n6)N(C6CCCC6)[C@H](CC)C(=O)N7C)c(OC)c5)nn4)CC3)ccc2C1=O. The van der Waals surface area contributed by atoms with E-state index in [9.17, 15) is 19.2 Å². The fourth-order valence-electron chi connectivity index (χ4n) is 9.90. The van der Waals surface area contributed by atoms with Crippen LogP contribution < -0.4 is 30.5 Å². The van der Waals surface area contributed by atoms with Crippen LogP contribution in [0.5, 0.6) is 5.75 Å². The molecule has 66 heavy (non-hydrogen) atoms. The third-order valence-corrected chi connectivity index (χ3v) is 13.4. The Morgan fingerprint density at radius 3 is 2.59 bits per heavy atom. The van der Waals surface area contributed by atoms with Crippen molar-refractivity contribution in [3.05, 3.63) is 65.5 Å². The van der Waals surface area contributed by atoms with E-state index in [-0.39, 0.29) is 29.9 Å². The Bertz CT molecular complexity index is 2450. The number of hydrogen-bond donors (Lipinski definition) is 3. The van der Waals surface area contributed by atoms with Crippen molar-refractivity contribution < 1.29 is 28.7 Å². The summed E-state index contributed by atoms with van der Waals surface area (Å²) in [6.45, 7) is 6.19. The molecule has 8 rings (SSSR count). The lowest BCUT2D eigenvalue weighted by atomic mass is 9.91. The van der Waals surface area contributed by atoms with Crippen LogP contribution in [-0.4, -0.2) is 112 Å². The molecule has 2 saturated carbocycles. The van der Waals surface area contributed by atoms with Gasteiger partial charge in [0.25, 0.3) is 5.91 Å². The van der Waals surface area contributed by atoms with E-state index in [1.54, 1.807) is 24.3 Å². The zero-order chi connectivity index (χ0) is 46.2. The van der Waals surface area contributed by atoms with Crippen molar-refractivity contribution in [1.29, 1.82) is 0 Å². The largest absolute Gasteiger partial charge is 0.495 e. The second-order valence-electron chi connectivity index (χ2n) is 17.6. The van der Waals surface area contributed by atoms with Crippen molar-refractivity contribution in [2.24, 2.45) is 0 Å². The molecular formula is C49H61N11O6. The maximum atomic E-state index is 13.3. The summed E-state index contributed by atoms with van der Waals surface area (Å²) in [6.07, 6.45) is 15.1. The highest BCUT2D eigenvalue weighted by Gasteiger charge is 2.41. The van der Waals surface area contributed by atoms with Gasteiger partial charge in [0.15, 0.2) is 5.82 Å². The molecule has 2 aliphatic heterocycles. The number of imide groups is 1. The zero-order valence-corrected chi connectivity index (χ0v) is 38.4. The number of ether oxygens (including phenoxy) is 2. The summed E-state index contributed by atoms with van der Waals surface area (Å²) in [4.78, 5) is 64.8. The molecule has 0 saturated heterocycles. The summed E-state index contributed by atoms with van der Waals surface area (Å²) < 4.78 is 13.7. The Kier molecular flexibility index (Phi) is 14.9. The number of benzene rings is 2. The van der Waals surface area contributed by atoms with Crippen molar-refractivity contribution in [2.75, 3.05) is 49.0 Å². The van der Waals surface area contributed by atoms with E-state index in [0.29, 0.717) is 75.2 Å². The average Bonchev–Trinajstić information content (AvgIpc) is 4.12. The first kappa shape index (κ1) is 46.2. The van der Waals surface area contributed by atoms with Crippen LogP contribution in [0.25, 0.3) is 11.3 Å². The van der Waals surface area contributed by atoms with Gasteiger partial charge in [0.2, 0.25) is 24.2 Å². The monoisotopic (exact) mass is 899 g/mol. The Morgan fingerprint density at radius 2 is 1.83 bits per heavy atom. The molecule has 2 aliphatic carbocycles. The summed E-state index contributed by atoms with van der Waals surface area (Å²) in [5, 5.41) is 18.3. The van der Waals surface area contributed by atoms with Crippen molar-refractivity contribution >= 4 is 47.3 Å². The van der Waals surface area contributed by atoms with Crippen LogP contribution >= 0.6 is 0 Å². The van der Waals surface area contributed by atoms with Crippen LogP contribution in [0, 0.1) is 11.8 Å². The molecule has 4 aliphatic rings. The van der Waals surface area contributed by atoms with E-state index in [2.05, 4.69) is 54.9 Å². The van der Waals surface area contributed by atoms with Crippen LogP contribution in [0.15, 0.2) is 48.8 Å². The number of hydrogen-bond acceptors (Lipinski definition) is 13. The number of fused-ring (bicyclic) bond motifs is 2. The third-order valence-electron chi connectivity index (χ3n) is 13.4. The molecule has 4 amide bonds. The minimum Gasteiger partial charge on any atom is -0.495 e. The summed E-state index contributed by atoms with van der Waals surface area (Å²) >= 11 is 0. The third kappa shape index (κ3) is 10.0. The maximum absolute atomic E-state index is 13.3. The number of aromatic nitrogens is 5. The lowest BCUT2D eigenvalue weighted by Gasteiger charge is -2.43. The second kappa shape index (κ2) is 21.3. The molecule has 0 radical (unpaired) electrons. The number of methoxy groups -OCH3 is 1. The smallest absolute Gasteiger partial charge is 0.255 e. The fourth-order valence-corrected chi connectivity index (χ4v) is 9.90. The van der Waals surface area contributed by atoms with Gasteiger partial charge in [0.1, 0.15) is 29.2 Å². The lowest BCUT2D eigenvalue weighted by Crippen LogP contribution is -2.55. The summed E-state index contributed by atoms with van der Waals surface area (Å²) in [5.41, 5.74) is 5.32. The molecule has 0 spiro atoms. The molecule has 4 aromatic rings. The van der Waals surface area contributed by atoms with Crippen LogP contribution in [0.3, 0.4) is 0 Å². The van der Waals surface area contributed by atoms with Crippen molar-refractivity contribution in [3.63, 3.8) is 0 Å². The molecule has 348 valence electrons. The minimum absolute atomic E-state index is 0.0873. The molecule has 1 unspecified atom stereocenters. The molecule has 3 N–H and O–H groups in total. The van der Waals surface area contributed by atoms with Gasteiger partial charge in [0.05, 0.1) is 44.4 Å². The van der Waals surface area contributed by atoms with E-state index in [0.717, 1.165) is 97.5 Å². The average molecular weight is 900 g/mol. The lowest BCUT2D eigenvalue weighted by molar-refractivity contribution is -0.129. The number of carbonyl (C=O) groups is 4. The van der Waals surface area contributed by atoms with Crippen molar-refractivity contribution in [1.82, 2.24) is 40.5 Å². The zero-order valence-electron chi connectivity index (χ0n) is 38.4. The summed E-state index contributed by atoms with van der Waals surface area (Å²) in [6, 6.07) is 11.4. The number of nitrogens with zero attached hydrogens (tertiary/aromatic N) is 8. The first-order valence-electron chi connectivity index (χ1n) is 23.5. The topological polar surface area (TPSA) is 189 Å². The van der Waals surface area contributed by atoms with E-state index in [1.807, 2.05) is 55.2 Å². The fraction of sp³-hybridized carbons (Fsp3) is 0.510. The van der Waals surface area contributed by atoms with Crippen LogP contribution in [0.4, 0.5) is 23.1 Å². The number of likely N-dealkylation sites (N-methyl/N-ethyl adjacent to an activating group) is 1. The van der Waals surface area contributed by atoms with Gasteiger partial charge in [-0.15, -0.1) is 5.10 Å². The number of amides is 4. The van der Waals surface area contributed by atoms with E-state index in [1.165, 1.54) is 4.90 Å². The molecule has 2 fully saturated rings. The predicted octanol–water partition coefficient (Wildman–Crippen LogP) is 5.92. The Morgan fingerprint density at radius 1 is 1.02 bits per heavy atom. The number of rotatable bonds is 18. The number of nitrogens with one attached hydrogen (secondary N) is 3. The molecular weight excluding hydrogens is 839 g/mol. The molecule has 17 nitrogen and oxygen atoms in total. The van der Waals surface area contributed by atoms with E-state index in [4.69, 9.17) is 14.5 Å². The van der Waals surface area contributed by atoms with E-state index >= 15 is 0 Å². The van der Waals surface area contributed by atoms with E-state index < -0.39 is 11.9 Å². The molecule has 2 aromatic heterocycles. The molecule has 4 heterocycles. The number of carbonyl (C=O) groups excluding carboxylic acids is 4.